The van der Waals surface area contributed by atoms with Crippen molar-refractivity contribution >= 4 is 51.4 Å². The summed E-state index contributed by atoms with van der Waals surface area (Å²) in [5, 5.41) is 14.2. The standard InChI is InChI=1S/C18H14ClF3N4OS2/c19-13-7-6-12(18(20,21)22)8-14(13)24-15(27)10-28-17-26-25-16(29-17)23-9-11-4-2-1-3-5-11/h1-8H,9-10H2,(H,23,25)(H,24,27). The van der Waals surface area contributed by atoms with Gasteiger partial charge in [0.05, 0.1) is 22.0 Å². The molecule has 0 aliphatic rings. The maximum atomic E-state index is 12.8. The van der Waals surface area contributed by atoms with Gasteiger partial charge in [0.25, 0.3) is 0 Å². The molecule has 1 amide bonds. The number of hydrogen-bond acceptors (Lipinski definition) is 6. The zero-order chi connectivity index (χ0) is 20.9. The molecule has 0 fully saturated rings. The van der Waals surface area contributed by atoms with Gasteiger partial charge in [-0.1, -0.05) is 65.0 Å². The predicted molar refractivity (Wildman–Crippen MR) is 109 cm³/mol. The summed E-state index contributed by atoms with van der Waals surface area (Å²) in [5.41, 5.74) is 0.118. The molecular weight excluding hydrogens is 445 g/mol. The molecular formula is C18H14ClF3N4OS2. The molecule has 152 valence electrons. The summed E-state index contributed by atoms with van der Waals surface area (Å²) in [4.78, 5) is 12.1. The summed E-state index contributed by atoms with van der Waals surface area (Å²) in [6.07, 6.45) is -4.52. The van der Waals surface area contributed by atoms with Gasteiger partial charge in [0.15, 0.2) is 4.34 Å². The van der Waals surface area contributed by atoms with Gasteiger partial charge in [-0.3, -0.25) is 4.79 Å². The number of alkyl halides is 3. The van der Waals surface area contributed by atoms with Crippen LogP contribution in [-0.2, 0) is 17.5 Å². The van der Waals surface area contributed by atoms with Crippen LogP contribution in [0.15, 0.2) is 52.9 Å². The Bertz CT molecular complexity index is 983. The minimum absolute atomic E-state index is 0.0275. The molecule has 0 aliphatic carbocycles. The van der Waals surface area contributed by atoms with Gasteiger partial charge < -0.3 is 10.6 Å². The Balaban J connectivity index is 1.52. The Labute approximate surface area is 177 Å². The fraction of sp³-hybridized carbons (Fsp3) is 0.167. The normalized spacial score (nSPS) is 11.3. The minimum Gasteiger partial charge on any atom is -0.356 e. The number of rotatable bonds is 7. The Morgan fingerprint density at radius 3 is 2.62 bits per heavy atom. The Morgan fingerprint density at radius 1 is 1.14 bits per heavy atom. The third-order valence-corrected chi connectivity index (χ3v) is 5.93. The van der Waals surface area contributed by atoms with Crippen LogP contribution in [0, 0.1) is 0 Å². The Hall–Kier alpha value is -2.30. The average Bonchev–Trinajstić information content (AvgIpc) is 3.14. The Kier molecular flexibility index (Phi) is 6.99. The van der Waals surface area contributed by atoms with Gasteiger partial charge in [0, 0.05) is 6.54 Å². The van der Waals surface area contributed by atoms with Crippen LogP contribution in [0.2, 0.25) is 5.02 Å². The van der Waals surface area contributed by atoms with Crippen molar-refractivity contribution in [3.05, 3.63) is 64.7 Å². The minimum atomic E-state index is -4.52. The van der Waals surface area contributed by atoms with E-state index in [-0.39, 0.29) is 16.5 Å². The molecule has 2 aromatic carbocycles. The molecule has 11 heteroatoms. The molecule has 0 saturated heterocycles. The lowest BCUT2D eigenvalue weighted by Crippen LogP contribution is -2.15. The number of carbonyl (C=O) groups is 1. The lowest BCUT2D eigenvalue weighted by atomic mass is 10.2. The zero-order valence-corrected chi connectivity index (χ0v) is 17.1. The summed E-state index contributed by atoms with van der Waals surface area (Å²) >= 11 is 8.30. The molecule has 0 aliphatic heterocycles. The smallest absolute Gasteiger partial charge is 0.356 e. The van der Waals surface area contributed by atoms with E-state index in [1.807, 2.05) is 30.3 Å². The summed E-state index contributed by atoms with van der Waals surface area (Å²) in [7, 11) is 0. The van der Waals surface area contributed by atoms with E-state index in [1.54, 1.807) is 0 Å². The van der Waals surface area contributed by atoms with E-state index >= 15 is 0 Å². The van der Waals surface area contributed by atoms with Gasteiger partial charge in [-0.05, 0) is 23.8 Å². The van der Waals surface area contributed by atoms with Crippen molar-refractivity contribution in [2.24, 2.45) is 0 Å². The maximum absolute atomic E-state index is 12.8. The number of nitrogens with one attached hydrogen (secondary N) is 2. The van der Waals surface area contributed by atoms with E-state index in [0.717, 1.165) is 35.5 Å². The molecule has 1 heterocycles. The molecule has 5 nitrogen and oxygen atoms in total. The second kappa shape index (κ2) is 9.47. The lowest BCUT2D eigenvalue weighted by Gasteiger charge is -2.11. The summed E-state index contributed by atoms with van der Waals surface area (Å²) in [5.74, 6) is -0.537. The third kappa shape index (κ3) is 6.34. The number of nitrogens with zero attached hydrogens (tertiary/aromatic N) is 2. The average molecular weight is 459 g/mol. The number of carbonyl (C=O) groups excluding carboxylic acids is 1. The maximum Gasteiger partial charge on any atom is 0.416 e. The number of thioether (sulfide) groups is 1. The van der Waals surface area contributed by atoms with E-state index in [1.165, 1.54) is 11.3 Å². The quantitative estimate of drug-likeness (QED) is 0.454. The van der Waals surface area contributed by atoms with Crippen molar-refractivity contribution in [3.63, 3.8) is 0 Å². The lowest BCUT2D eigenvalue weighted by molar-refractivity contribution is -0.137. The first-order valence-corrected chi connectivity index (χ1v) is 10.4. The number of amides is 1. The van der Waals surface area contributed by atoms with Crippen LogP contribution in [0.25, 0.3) is 0 Å². The molecule has 2 N–H and O–H groups in total. The molecule has 3 aromatic rings. The van der Waals surface area contributed by atoms with E-state index in [9.17, 15) is 18.0 Å². The van der Waals surface area contributed by atoms with Crippen molar-refractivity contribution in [3.8, 4) is 0 Å². The molecule has 0 bridgehead atoms. The zero-order valence-electron chi connectivity index (χ0n) is 14.7. The van der Waals surface area contributed by atoms with Crippen molar-refractivity contribution in [2.75, 3.05) is 16.4 Å². The fourth-order valence-electron chi connectivity index (χ4n) is 2.22. The molecule has 0 radical (unpaired) electrons. The summed E-state index contributed by atoms with van der Waals surface area (Å²) in [6, 6.07) is 12.5. The topological polar surface area (TPSA) is 66.9 Å². The van der Waals surface area contributed by atoms with Crippen LogP contribution >= 0.6 is 34.7 Å². The van der Waals surface area contributed by atoms with Crippen LogP contribution in [-0.4, -0.2) is 21.9 Å². The Morgan fingerprint density at radius 2 is 1.90 bits per heavy atom. The number of benzene rings is 2. The van der Waals surface area contributed by atoms with Gasteiger partial charge in [0.1, 0.15) is 0 Å². The molecule has 29 heavy (non-hydrogen) atoms. The first-order valence-electron chi connectivity index (χ1n) is 8.22. The highest BCUT2D eigenvalue weighted by Gasteiger charge is 2.31. The van der Waals surface area contributed by atoms with E-state index in [0.29, 0.717) is 16.0 Å². The number of hydrogen-bond donors (Lipinski definition) is 2. The second-order valence-electron chi connectivity index (χ2n) is 5.74. The van der Waals surface area contributed by atoms with Crippen LogP contribution in [0.4, 0.5) is 24.0 Å². The van der Waals surface area contributed by atoms with E-state index < -0.39 is 17.6 Å². The summed E-state index contributed by atoms with van der Waals surface area (Å²) in [6.45, 7) is 0.592. The van der Waals surface area contributed by atoms with Crippen LogP contribution < -0.4 is 10.6 Å². The van der Waals surface area contributed by atoms with Gasteiger partial charge >= 0.3 is 6.18 Å². The van der Waals surface area contributed by atoms with Crippen molar-refractivity contribution < 1.29 is 18.0 Å². The van der Waals surface area contributed by atoms with Crippen molar-refractivity contribution in [1.82, 2.24) is 10.2 Å². The highest BCUT2D eigenvalue weighted by atomic mass is 35.5. The number of aromatic nitrogens is 2. The highest BCUT2D eigenvalue weighted by Crippen LogP contribution is 2.34. The predicted octanol–water partition coefficient (Wildman–Crippen LogP) is 5.55. The van der Waals surface area contributed by atoms with E-state index in [4.69, 9.17) is 11.6 Å². The van der Waals surface area contributed by atoms with Gasteiger partial charge in [-0.15, -0.1) is 10.2 Å². The third-order valence-electron chi connectivity index (χ3n) is 3.59. The first kappa shape index (κ1) is 21.4. The summed E-state index contributed by atoms with van der Waals surface area (Å²) < 4.78 is 39.0. The fourth-order valence-corrected chi connectivity index (χ4v) is 3.94. The van der Waals surface area contributed by atoms with Crippen molar-refractivity contribution in [2.45, 2.75) is 17.1 Å². The second-order valence-corrected chi connectivity index (χ2v) is 8.35. The molecule has 3 rings (SSSR count). The first-order chi connectivity index (χ1) is 13.8. The van der Waals surface area contributed by atoms with Crippen LogP contribution in [0.1, 0.15) is 11.1 Å². The molecule has 1 aromatic heterocycles. The molecule has 0 spiro atoms. The van der Waals surface area contributed by atoms with Gasteiger partial charge in [-0.2, -0.15) is 13.2 Å². The van der Waals surface area contributed by atoms with Gasteiger partial charge in [0.2, 0.25) is 11.0 Å². The van der Waals surface area contributed by atoms with E-state index in [2.05, 4.69) is 20.8 Å². The largest absolute Gasteiger partial charge is 0.416 e. The molecule has 0 atom stereocenters. The van der Waals surface area contributed by atoms with Crippen molar-refractivity contribution in [1.29, 1.82) is 0 Å². The van der Waals surface area contributed by atoms with Crippen LogP contribution in [0.5, 0.6) is 0 Å². The number of anilines is 2. The van der Waals surface area contributed by atoms with Crippen LogP contribution in [0.3, 0.4) is 0 Å². The molecule has 0 saturated carbocycles. The SMILES string of the molecule is O=C(CSc1nnc(NCc2ccccc2)s1)Nc1cc(C(F)(F)F)ccc1Cl. The number of halogens is 4. The highest BCUT2D eigenvalue weighted by molar-refractivity contribution is 8.01. The van der Waals surface area contributed by atoms with Gasteiger partial charge in [-0.25, -0.2) is 0 Å². The molecule has 0 unspecified atom stereocenters. The monoisotopic (exact) mass is 458 g/mol.